The highest BCUT2D eigenvalue weighted by molar-refractivity contribution is 7.89. The molecule has 0 aromatic heterocycles. The van der Waals surface area contributed by atoms with Gasteiger partial charge in [-0.15, -0.1) is 7.77 Å². The largest absolute Gasteiger partial charge is 0.508 e. The summed E-state index contributed by atoms with van der Waals surface area (Å²) in [6, 6.07) is 8.71. The van der Waals surface area contributed by atoms with E-state index in [4.69, 9.17) is 5.11 Å². The van der Waals surface area contributed by atoms with Crippen molar-refractivity contribution >= 4 is 12.5 Å². The lowest BCUT2D eigenvalue weighted by molar-refractivity contribution is 0.475. The number of phenols is 1. The van der Waals surface area contributed by atoms with Crippen LogP contribution in [0.15, 0.2) is 30.3 Å². The highest BCUT2D eigenvalue weighted by Gasteiger charge is 1.74. The molecule has 0 aliphatic rings. The van der Waals surface area contributed by atoms with E-state index in [1.165, 1.54) is 0 Å². The number of rotatable bonds is 0. The minimum absolute atomic E-state index is 0.322. The predicted molar refractivity (Wildman–Crippen MR) is 37.9 cm³/mol. The van der Waals surface area contributed by atoms with Gasteiger partial charge in [0.05, 0.1) is 0 Å². The summed E-state index contributed by atoms with van der Waals surface area (Å²) < 4.78 is 19.1. The molecule has 0 aliphatic heterocycles. The molecule has 0 amide bonds. The van der Waals surface area contributed by atoms with E-state index in [9.17, 15) is 7.77 Å². The van der Waals surface area contributed by atoms with E-state index in [-0.39, 0.29) is 0 Å². The van der Waals surface area contributed by atoms with Crippen molar-refractivity contribution in [1.82, 2.24) is 0 Å². The lowest BCUT2D eigenvalue weighted by Crippen LogP contribution is -1.56. The second kappa shape index (κ2) is 6.35. The van der Waals surface area contributed by atoms with Crippen LogP contribution in [-0.2, 0) is 0 Å². The molecule has 0 atom stereocenters. The maximum atomic E-state index is 9.54. The Kier molecular flexibility index (Phi) is 5.86. The molecule has 0 unspecified atom stereocenters. The Morgan fingerprint density at radius 2 is 1.50 bits per heavy atom. The van der Waals surface area contributed by atoms with E-state index in [0.717, 1.165) is 0 Å². The first-order valence-corrected chi connectivity index (χ1v) is 3.06. The van der Waals surface area contributed by atoms with Crippen LogP contribution in [0.25, 0.3) is 0 Å². The van der Waals surface area contributed by atoms with Gasteiger partial charge in [-0.25, -0.2) is 0 Å². The summed E-state index contributed by atoms with van der Waals surface area (Å²) in [5, 5.41) is 8.63. The molecule has 0 bridgehead atoms. The van der Waals surface area contributed by atoms with Crippen LogP contribution in [0.1, 0.15) is 0 Å². The maximum Gasteiger partial charge on any atom is 0.255 e. The average Bonchev–Trinajstić information content (AvgIpc) is 1.91. The molecule has 1 N–H and O–H groups in total. The molecule has 0 saturated carbocycles. The number of hydrogen-bond donors (Lipinski definition) is 1. The molecule has 1 aromatic carbocycles. The molecule has 1 aromatic rings. The number of phenolic OH excluding ortho intramolecular Hbond substituents is 1. The van der Waals surface area contributed by atoms with Gasteiger partial charge in [0.25, 0.3) is 12.5 Å². The number of halogens is 2. The van der Waals surface area contributed by atoms with Crippen LogP contribution in [0, 0.1) is 0 Å². The first-order chi connectivity index (χ1) is 4.81. The van der Waals surface area contributed by atoms with Crippen molar-refractivity contribution in [2.45, 2.75) is 0 Å². The van der Waals surface area contributed by atoms with Gasteiger partial charge < -0.3 is 5.11 Å². The van der Waals surface area contributed by atoms with Crippen molar-refractivity contribution < 1.29 is 12.9 Å². The fourth-order valence-electron chi connectivity index (χ4n) is 0.428. The van der Waals surface area contributed by atoms with Gasteiger partial charge in [0.15, 0.2) is 0 Å². The van der Waals surface area contributed by atoms with Gasteiger partial charge in [-0.1, -0.05) is 18.2 Å². The molecule has 0 fully saturated rings. The first-order valence-electron chi connectivity index (χ1n) is 2.44. The van der Waals surface area contributed by atoms with Gasteiger partial charge in [-0.3, -0.25) is 0 Å². The fraction of sp³-hybridized carbons (Fsp3) is 0. The standard InChI is InChI=1S/C6H6O.F2S/c7-6-4-2-1-3-5-6;1-3-2/h1-5,7H;. The Morgan fingerprint density at radius 3 is 1.70 bits per heavy atom. The number of aromatic hydroxyl groups is 1. The van der Waals surface area contributed by atoms with E-state index in [2.05, 4.69) is 0 Å². The molecule has 0 spiro atoms. The third kappa shape index (κ3) is 5.37. The summed E-state index contributed by atoms with van der Waals surface area (Å²) in [4.78, 5) is 0. The van der Waals surface area contributed by atoms with Crippen molar-refractivity contribution in [2.75, 3.05) is 0 Å². The van der Waals surface area contributed by atoms with Crippen LogP contribution in [0.2, 0.25) is 0 Å². The minimum atomic E-state index is -1.25. The van der Waals surface area contributed by atoms with Crippen LogP contribution >= 0.6 is 12.5 Å². The molecule has 0 heterocycles. The summed E-state index contributed by atoms with van der Waals surface area (Å²) in [5.74, 6) is 0.322. The van der Waals surface area contributed by atoms with Crippen molar-refractivity contribution in [1.29, 1.82) is 0 Å². The van der Waals surface area contributed by atoms with E-state index in [1.807, 2.05) is 6.07 Å². The van der Waals surface area contributed by atoms with Gasteiger partial charge in [0.2, 0.25) is 0 Å². The van der Waals surface area contributed by atoms with Crippen molar-refractivity contribution in [2.24, 2.45) is 0 Å². The smallest absolute Gasteiger partial charge is 0.255 e. The lowest BCUT2D eigenvalue weighted by atomic mass is 10.3. The summed E-state index contributed by atoms with van der Waals surface area (Å²) in [5.41, 5.74) is 0. The maximum absolute atomic E-state index is 9.54. The Hall–Kier alpha value is -0.770. The zero-order chi connectivity index (χ0) is 7.82. The lowest BCUT2D eigenvalue weighted by Gasteiger charge is -1.82. The quantitative estimate of drug-likeness (QED) is 0.636. The van der Waals surface area contributed by atoms with Crippen LogP contribution in [0.5, 0.6) is 5.75 Å². The summed E-state index contributed by atoms with van der Waals surface area (Å²) in [6.45, 7) is 0. The molecule has 0 aliphatic carbocycles. The number of hydrogen-bond acceptors (Lipinski definition) is 2. The molecule has 1 nitrogen and oxygen atoms in total. The zero-order valence-electron chi connectivity index (χ0n) is 5.00. The minimum Gasteiger partial charge on any atom is -0.508 e. The van der Waals surface area contributed by atoms with Gasteiger partial charge in [-0.2, -0.15) is 0 Å². The van der Waals surface area contributed by atoms with Crippen molar-refractivity contribution in [3.63, 3.8) is 0 Å². The highest BCUT2D eigenvalue weighted by Crippen LogP contribution is 2.02. The molecular formula is C6H6F2OS. The third-order valence-electron chi connectivity index (χ3n) is 0.756. The van der Waals surface area contributed by atoms with Crippen LogP contribution in [0.4, 0.5) is 7.77 Å². The van der Waals surface area contributed by atoms with Crippen molar-refractivity contribution in [3.8, 4) is 5.75 Å². The zero-order valence-corrected chi connectivity index (χ0v) is 5.81. The Balaban J connectivity index is 0.000000236. The fourth-order valence-corrected chi connectivity index (χ4v) is 0.428. The second-order valence-electron chi connectivity index (χ2n) is 1.39. The molecule has 56 valence electrons. The predicted octanol–water partition coefficient (Wildman–Crippen LogP) is 2.88. The average molecular weight is 164 g/mol. The number of benzene rings is 1. The topological polar surface area (TPSA) is 20.2 Å². The molecule has 0 radical (unpaired) electrons. The summed E-state index contributed by atoms with van der Waals surface area (Å²) >= 11 is -1.25. The molecular weight excluding hydrogens is 158 g/mol. The van der Waals surface area contributed by atoms with E-state index >= 15 is 0 Å². The van der Waals surface area contributed by atoms with Crippen LogP contribution in [0.3, 0.4) is 0 Å². The molecule has 4 heteroatoms. The Bertz CT molecular complexity index is 157. The van der Waals surface area contributed by atoms with Gasteiger partial charge in [0.1, 0.15) is 5.75 Å². The first kappa shape index (κ1) is 9.23. The summed E-state index contributed by atoms with van der Waals surface area (Å²) in [6.07, 6.45) is 0. The molecule has 1 rings (SSSR count). The van der Waals surface area contributed by atoms with Gasteiger partial charge in [-0.05, 0) is 12.1 Å². The van der Waals surface area contributed by atoms with Gasteiger partial charge >= 0.3 is 0 Å². The van der Waals surface area contributed by atoms with E-state index < -0.39 is 12.5 Å². The van der Waals surface area contributed by atoms with E-state index in [1.54, 1.807) is 24.3 Å². The van der Waals surface area contributed by atoms with Crippen LogP contribution < -0.4 is 0 Å². The Morgan fingerprint density at radius 1 is 1.10 bits per heavy atom. The van der Waals surface area contributed by atoms with Gasteiger partial charge in [0, 0.05) is 0 Å². The van der Waals surface area contributed by atoms with E-state index in [0.29, 0.717) is 5.75 Å². The SMILES string of the molecule is FSF.Oc1ccccc1. The summed E-state index contributed by atoms with van der Waals surface area (Å²) in [7, 11) is 0. The second-order valence-corrected chi connectivity index (χ2v) is 1.51. The Labute approximate surface area is 62.3 Å². The van der Waals surface area contributed by atoms with Crippen molar-refractivity contribution in [3.05, 3.63) is 30.3 Å². The number of para-hydroxylation sites is 1. The molecule has 0 saturated heterocycles. The molecule has 10 heavy (non-hydrogen) atoms. The normalized spacial score (nSPS) is 7.80. The highest BCUT2D eigenvalue weighted by atomic mass is 32.2. The third-order valence-corrected chi connectivity index (χ3v) is 0.756. The van der Waals surface area contributed by atoms with Crippen LogP contribution in [-0.4, -0.2) is 5.11 Å². The monoisotopic (exact) mass is 164 g/mol.